The van der Waals surface area contributed by atoms with Gasteiger partial charge in [-0.25, -0.2) is 22.3 Å². The molecule has 112 valence electrons. The van der Waals surface area contributed by atoms with Crippen molar-refractivity contribution in [2.24, 2.45) is 0 Å². The largest absolute Gasteiger partial charge is 0.478 e. The summed E-state index contributed by atoms with van der Waals surface area (Å²) in [6, 6.07) is 0.742. The summed E-state index contributed by atoms with van der Waals surface area (Å²) in [5.74, 6) is -3.09. The highest BCUT2D eigenvalue weighted by Crippen LogP contribution is 2.25. The first-order valence-corrected chi connectivity index (χ1v) is 6.59. The number of hydrogen-bond acceptors (Lipinski definition) is 3. The van der Waals surface area contributed by atoms with Crippen LogP contribution < -0.4 is 4.72 Å². The van der Waals surface area contributed by atoms with E-state index in [0.717, 1.165) is 0 Å². The highest BCUT2D eigenvalue weighted by Gasteiger charge is 2.31. The number of sulfonamides is 1. The number of rotatable bonds is 4. The molecule has 0 aliphatic rings. The van der Waals surface area contributed by atoms with E-state index in [1.807, 2.05) is 0 Å². The second-order valence-electron chi connectivity index (χ2n) is 3.51. The lowest BCUT2D eigenvalue weighted by molar-refractivity contribution is -0.121. The topological polar surface area (TPSA) is 83.5 Å². The second-order valence-corrected chi connectivity index (χ2v) is 5.65. The zero-order chi connectivity index (χ0) is 15.7. The van der Waals surface area contributed by atoms with Crippen LogP contribution in [-0.2, 0) is 10.0 Å². The molecule has 0 amide bonds. The molecule has 0 radical (unpaired) electrons. The van der Waals surface area contributed by atoms with Crippen molar-refractivity contribution in [1.82, 2.24) is 4.72 Å². The van der Waals surface area contributed by atoms with Crippen LogP contribution in [0.1, 0.15) is 10.4 Å². The van der Waals surface area contributed by atoms with Gasteiger partial charge in [0.2, 0.25) is 10.0 Å². The van der Waals surface area contributed by atoms with Gasteiger partial charge in [0.15, 0.2) is 0 Å². The zero-order valence-electron chi connectivity index (χ0n) is 9.33. The summed E-state index contributed by atoms with van der Waals surface area (Å²) in [7, 11) is -4.73. The van der Waals surface area contributed by atoms with Crippen LogP contribution in [0.2, 0.25) is 5.02 Å². The van der Waals surface area contributed by atoms with Gasteiger partial charge in [0, 0.05) is 0 Å². The fourth-order valence-corrected chi connectivity index (χ4v) is 2.71. The maximum absolute atomic E-state index is 13.2. The van der Waals surface area contributed by atoms with E-state index in [0.29, 0.717) is 12.1 Å². The Labute approximate surface area is 115 Å². The number of hydrogen-bond donors (Lipinski definition) is 2. The number of carbonyl (C=O) groups is 1. The molecule has 0 saturated heterocycles. The van der Waals surface area contributed by atoms with Crippen molar-refractivity contribution in [1.29, 1.82) is 0 Å². The maximum atomic E-state index is 13.2. The minimum absolute atomic E-state index is 0.346. The Hall–Kier alpha value is -1.39. The van der Waals surface area contributed by atoms with Crippen LogP contribution >= 0.6 is 11.6 Å². The molecule has 1 aromatic rings. The van der Waals surface area contributed by atoms with Crippen molar-refractivity contribution >= 4 is 27.6 Å². The Morgan fingerprint density at radius 3 is 2.35 bits per heavy atom. The first-order valence-electron chi connectivity index (χ1n) is 4.73. The monoisotopic (exact) mass is 335 g/mol. The van der Waals surface area contributed by atoms with Crippen molar-refractivity contribution in [3.63, 3.8) is 0 Å². The number of carboxylic acids is 1. The van der Waals surface area contributed by atoms with E-state index in [9.17, 15) is 30.8 Å². The minimum Gasteiger partial charge on any atom is -0.478 e. The Morgan fingerprint density at radius 2 is 1.90 bits per heavy atom. The van der Waals surface area contributed by atoms with Gasteiger partial charge >= 0.3 is 12.1 Å². The standard InChI is InChI=1S/C9H6ClF4NO4S/c10-5-2-6(11)4(8(16)17)1-7(5)20(18,19)15-3-9(12,13)14/h1-2,15H,3H2,(H,16,17). The van der Waals surface area contributed by atoms with E-state index in [4.69, 9.17) is 16.7 Å². The van der Waals surface area contributed by atoms with Crippen LogP contribution in [-0.4, -0.2) is 32.2 Å². The third-order valence-corrected chi connectivity index (χ3v) is 3.87. The second kappa shape index (κ2) is 5.54. The SMILES string of the molecule is O=C(O)c1cc(S(=O)(=O)NCC(F)(F)F)c(Cl)cc1F. The number of benzene rings is 1. The fraction of sp³-hybridized carbons (Fsp3) is 0.222. The molecule has 0 spiro atoms. The molecule has 5 nitrogen and oxygen atoms in total. The van der Waals surface area contributed by atoms with Crippen LogP contribution in [0.25, 0.3) is 0 Å². The molecule has 11 heteroatoms. The minimum atomic E-state index is -4.81. The third kappa shape index (κ3) is 4.05. The van der Waals surface area contributed by atoms with Crippen molar-refractivity contribution < 1.29 is 35.9 Å². The molecule has 0 aliphatic carbocycles. The summed E-state index contributed by atoms with van der Waals surface area (Å²) in [5, 5.41) is 7.89. The first kappa shape index (κ1) is 16.7. The molecule has 0 atom stereocenters. The van der Waals surface area contributed by atoms with Gasteiger partial charge in [-0.15, -0.1) is 0 Å². The van der Waals surface area contributed by atoms with Crippen LogP contribution in [0.4, 0.5) is 17.6 Å². The molecule has 0 heterocycles. The van der Waals surface area contributed by atoms with Gasteiger partial charge in [0.25, 0.3) is 0 Å². The lowest BCUT2D eigenvalue weighted by Gasteiger charge is -2.11. The molecule has 2 N–H and O–H groups in total. The average molecular weight is 336 g/mol. The first-order chi connectivity index (χ1) is 8.94. The van der Waals surface area contributed by atoms with Gasteiger partial charge in [-0.05, 0) is 12.1 Å². The van der Waals surface area contributed by atoms with E-state index in [-0.39, 0.29) is 0 Å². The summed E-state index contributed by atoms with van der Waals surface area (Å²) in [6.07, 6.45) is -4.81. The van der Waals surface area contributed by atoms with E-state index >= 15 is 0 Å². The molecule has 0 aromatic heterocycles. The van der Waals surface area contributed by atoms with E-state index in [1.165, 1.54) is 4.72 Å². The Bertz CT molecular complexity index is 644. The Morgan fingerprint density at radius 1 is 1.35 bits per heavy atom. The van der Waals surface area contributed by atoms with Crippen LogP contribution in [0.5, 0.6) is 0 Å². The Kier molecular flexibility index (Phi) is 4.62. The number of halogens is 5. The van der Waals surface area contributed by atoms with Gasteiger partial charge in [0.05, 0.1) is 10.6 Å². The third-order valence-electron chi connectivity index (χ3n) is 2.00. The molecule has 0 aliphatic heterocycles. The van der Waals surface area contributed by atoms with E-state index < -0.39 is 50.0 Å². The molecule has 20 heavy (non-hydrogen) atoms. The van der Waals surface area contributed by atoms with Crippen molar-refractivity contribution in [2.45, 2.75) is 11.1 Å². The van der Waals surface area contributed by atoms with Crippen LogP contribution in [0.3, 0.4) is 0 Å². The molecule has 1 rings (SSSR count). The van der Waals surface area contributed by atoms with Gasteiger partial charge < -0.3 is 5.11 Å². The number of aromatic carboxylic acids is 1. The summed E-state index contributed by atoms with van der Waals surface area (Å²) in [4.78, 5) is 9.69. The van der Waals surface area contributed by atoms with Gasteiger partial charge in [-0.1, -0.05) is 11.6 Å². The molecule has 1 aromatic carbocycles. The zero-order valence-corrected chi connectivity index (χ0v) is 10.9. The van der Waals surface area contributed by atoms with Gasteiger partial charge in [-0.2, -0.15) is 13.2 Å². The number of carboxylic acid groups (broad SMARTS) is 1. The highest BCUT2D eigenvalue weighted by molar-refractivity contribution is 7.89. The van der Waals surface area contributed by atoms with Gasteiger partial charge in [0.1, 0.15) is 17.3 Å². The quantitative estimate of drug-likeness (QED) is 0.825. The molecule has 0 fully saturated rings. The lowest BCUT2D eigenvalue weighted by Crippen LogP contribution is -2.34. The average Bonchev–Trinajstić information content (AvgIpc) is 2.24. The summed E-state index contributed by atoms with van der Waals surface area (Å²) >= 11 is 5.41. The highest BCUT2D eigenvalue weighted by atomic mass is 35.5. The summed E-state index contributed by atoms with van der Waals surface area (Å²) in [5.41, 5.74) is -1.03. The summed E-state index contributed by atoms with van der Waals surface area (Å²) < 4.78 is 73.4. The fourth-order valence-electron chi connectivity index (χ4n) is 1.15. The molecular weight excluding hydrogens is 330 g/mol. The van der Waals surface area contributed by atoms with Crippen molar-refractivity contribution in [2.75, 3.05) is 6.54 Å². The normalized spacial score (nSPS) is 12.4. The Balaban J connectivity index is 3.25. The predicted octanol–water partition coefficient (Wildman–Crippen LogP) is 2.02. The number of nitrogens with one attached hydrogen (secondary N) is 1. The smallest absolute Gasteiger partial charge is 0.402 e. The van der Waals surface area contributed by atoms with E-state index in [2.05, 4.69) is 0 Å². The van der Waals surface area contributed by atoms with Crippen LogP contribution in [0.15, 0.2) is 17.0 Å². The predicted molar refractivity (Wildman–Crippen MR) is 59.6 cm³/mol. The maximum Gasteiger partial charge on any atom is 0.402 e. The van der Waals surface area contributed by atoms with E-state index in [1.54, 1.807) is 0 Å². The molecule has 0 bridgehead atoms. The molecule has 0 unspecified atom stereocenters. The summed E-state index contributed by atoms with van der Waals surface area (Å²) in [6.45, 7) is -1.87. The van der Waals surface area contributed by atoms with Crippen LogP contribution in [0, 0.1) is 5.82 Å². The molecule has 0 saturated carbocycles. The lowest BCUT2D eigenvalue weighted by atomic mass is 10.2. The molecular formula is C9H6ClF4NO4S. The van der Waals surface area contributed by atoms with Gasteiger partial charge in [-0.3, -0.25) is 0 Å². The van der Waals surface area contributed by atoms with Crippen molar-refractivity contribution in [3.05, 3.63) is 28.5 Å². The van der Waals surface area contributed by atoms with Crippen molar-refractivity contribution in [3.8, 4) is 0 Å². The number of alkyl halides is 3.